The number of hydrogen-bond donors (Lipinski definition) is 0. The third-order valence-electron chi connectivity index (χ3n) is 4.62. The molecule has 1 saturated carbocycles. The minimum atomic E-state index is -1.35. The molecule has 0 bridgehead atoms. The molecule has 178 valence electrons. The van der Waals surface area contributed by atoms with Crippen LogP contribution in [0.1, 0.15) is 57.8 Å². The van der Waals surface area contributed by atoms with E-state index in [9.17, 15) is 9.59 Å². The highest BCUT2D eigenvalue weighted by molar-refractivity contribution is 8.01. The Morgan fingerprint density at radius 3 is 2.42 bits per heavy atom. The summed E-state index contributed by atoms with van der Waals surface area (Å²) in [6.07, 6.45) is 3.85. The second kappa shape index (κ2) is 10.9. The smallest absolute Gasteiger partial charge is 0.328 e. The van der Waals surface area contributed by atoms with Crippen LogP contribution in [0.5, 0.6) is 5.75 Å². The molecule has 0 radical (unpaired) electrons. The van der Waals surface area contributed by atoms with E-state index in [1.165, 1.54) is 0 Å². The van der Waals surface area contributed by atoms with Crippen LogP contribution in [-0.2, 0) is 25.6 Å². The van der Waals surface area contributed by atoms with Crippen LogP contribution in [0.4, 0.5) is 5.82 Å². The van der Waals surface area contributed by atoms with E-state index in [2.05, 4.69) is 14.3 Å². The summed E-state index contributed by atoms with van der Waals surface area (Å²) in [5, 5.41) is 0.522. The third-order valence-corrected chi connectivity index (χ3v) is 5.96. The normalized spacial score (nSPS) is 14.3. The van der Waals surface area contributed by atoms with Crippen molar-refractivity contribution in [2.75, 3.05) is 18.0 Å². The quantitative estimate of drug-likeness (QED) is 0.285. The molecule has 8 nitrogen and oxygen atoms in total. The first kappa shape index (κ1) is 24.8. The fraction of sp³-hybridized carbons (Fsp3) is 0.500. The minimum Gasteiger partial charge on any atom is -0.497 e. The van der Waals surface area contributed by atoms with Gasteiger partial charge in [0.15, 0.2) is 5.82 Å². The molecule has 1 aromatic carbocycles. The number of carbonyl (C=O) groups excluding carboxylic acids is 2. The molecule has 3 rings (SSSR count). The molecular weight excluding hydrogens is 442 g/mol. The van der Waals surface area contributed by atoms with Gasteiger partial charge >= 0.3 is 11.9 Å². The predicted octanol–water partition coefficient (Wildman–Crippen LogP) is 4.29. The second-order valence-corrected chi connectivity index (χ2v) is 10.00. The first-order valence-corrected chi connectivity index (χ1v) is 11.8. The van der Waals surface area contributed by atoms with Gasteiger partial charge in [0.05, 0.1) is 20.3 Å². The van der Waals surface area contributed by atoms with E-state index < -0.39 is 23.5 Å². The number of anilines is 1. The number of benzene rings is 1. The maximum Gasteiger partial charge on any atom is 0.328 e. The van der Waals surface area contributed by atoms with Crippen molar-refractivity contribution in [2.24, 2.45) is 0 Å². The van der Waals surface area contributed by atoms with Gasteiger partial charge in [0, 0.05) is 11.4 Å². The van der Waals surface area contributed by atoms with E-state index >= 15 is 0 Å². The summed E-state index contributed by atoms with van der Waals surface area (Å²) < 4.78 is 17.9. The lowest BCUT2D eigenvalue weighted by atomic mass is 10.1. The Labute approximate surface area is 199 Å². The van der Waals surface area contributed by atoms with Crippen molar-refractivity contribution in [1.29, 1.82) is 0 Å². The van der Waals surface area contributed by atoms with Crippen molar-refractivity contribution < 1.29 is 23.8 Å². The molecule has 1 aliphatic carbocycles. The molecule has 0 saturated heterocycles. The van der Waals surface area contributed by atoms with Crippen LogP contribution in [0.15, 0.2) is 36.5 Å². The number of methoxy groups -OCH3 is 1. The molecular formula is C24H31N3O5S. The minimum absolute atomic E-state index is 0.0660. The molecule has 1 fully saturated rings. The van der Waals surface area contributed by atoms with Gasteiger partial charge in [0.25, 0.3) is 0 Å². The molecule has 9 heteroatoms. The van der Waals surface area contributed by atoms with Gasteiger partial charge in [-0.3, -0.25) is 13.9 Å². The molecule has 0 amide bonds. The zero-order valence-electron chi connectivity index (χ0n) is 19.7. The highest BCUT2D eigenvalue weighted by Crippen LogP contribution is 2.39. The van der Waals surface area contributed by atoms with Crippen LogP contribution in [0.2, 0.25) is 0 Å². The Hall–Kier alpha value is -2.81. The van der Waals surface area contributed by atoms with Crippen molar-refractivity contribution in [3.05, 3.63) is 47.9 Å². The van der Waals surface area contributed by atoms with Gasteiger partial charge < -0.3 is 14.2 Å². The molecule has 33 heavy (non-hydrogen) atoms. The lowest BCUT2D eigenvalue weighted by molar-refractivity contribution is -0.164. The summed E-state index contributed by atoms with van der Waals surface area (Å²) in [6.45, 7) is 7.65. The van der Waals surface area contributed by atoms with Gasteiger partial charge in [0.2, 0.25) is 5.92 Å². The number of carbonyl (C=O) groups is 2. The Morgan fingerprint density at radius 1 is 1.15 bits per heavy atom. The monoisotopic (exact) mass is 473 g/mol. The summed E-state index contributed by atoms with van der Waals surface area (Å²) in [6, 6.07) is 9.62. The first-order chi connectivity index (χ1) is 15.7. The maximum atomic E-state index is 12.9. The fourth-order valence-corrected chi connectivity index (χ4v) is 4.10. The Balaban J connectivity index is 1.89. The largest absolute Gasteiger partial charge is 0.497 e. The molecule has 1 atom stereocenters. The Morgan fingerprint density at radius 2 is 1.85 bits per heavy atom. The molecule has 1 aromatic heterocycles. The van der Waals surface area contributed by atoms with Crippen molar-refractivity contribution >= 4 is 29.7 Å². The highest BCUT2D eigenvalue weighted by Gasteiger charge is 2.37. The Kier molecular flexibility index (Phi) is 8.18. The molecule has 2 aromatic rings. The molecule has 0 spiro atoms. The van der Waals surface area contributed by atoms with Crippen molar-refractivity contribution in [2.45, 2.75) is 63.9 Å². The van der Waals surface area contributed by atoms with E-state index in [0.29, 0.717) is 17.6 Å². The van der Waals surface area contributed by atoms with Gasteiger partial charge in [0.1, 0.15) is 17.2 Å². The summed E-state index contributed by atoms with van der Waals surface area (Å²) in [5.41, 5.74) is 0.319. The predicted molar refractivity (Wildman–Crippen MR) is 127 cm³/mol. The second-order valence-electron chi connectivity index (χ2n) is 8.68. The van der Waals surface area contributed by atoms with Crippen molar-refractivity contribution in [1.82, 2.24) is 9.97 Å². The summed E-state index contributed by atoms with van der Waals surface area (Å²) in [5.74, 6) is -1.33. The summed E-state index contributed by atoms with van der Waals surface area (Å²) >= 11 is 1.71. The van der Waals surface area contributed by atoms with Crippen molar-refractivity contribution in [3.8, 4) is 5.75 Å². The SMILES string of the molecule is CCOC(=O)C(C(=O)OC(C)(C)C)c1nccc(N(Cc2ccc(OC)cc2)SC2CC2)n1. The van der Waals surface area contributed by atoms with E-state index in [0.717, 1.165) is 24.2 Å². The molecule has 0 N–H and O–H groups in total. The summed E-state index contributed by atoms with van der Waals surface area (Å²) in [7, 11) is 1.64. The number of hydrogen-bond acceptors (Lipinski definition) is 9. The molecule has 0 aliphatic heterocycles. The molecule has 1 unspecified atom stereocenters. The van der Waals surface area contributed by atoms with E-state index in [1.807, 2.05) is 24.3 Å². The van der Waals surface area contributed by atoms with Crippen LogP contribution in [0.25, 0.3) is 0 Å². The Bertz CT molecular complexity index is 957. The standard InChI is InChI=1S/C24H31N3O5S/c1-6-31-22(28)20(23(29)32-24(2,3)4)21-25-14-13-19(26-21)27(33-18-11-12-18)15-16-7-9-17(30-5)10-8-16/h7-10,13-14,18,20H,6,11-12,15H2,1-5H3. The van der Waals surface area contributed by atoms with Crippen LogP contribution in [0.3, 0.4) is 0 Å². The number of rotatable bonds is 10. The van der Waals surface area contributed by atoms with E-state index in [-0.39, 0.29) is 12.4 Å². The number of ether oxygens (including phenoxy) is 3. The van der Waals surface area contributed by atoms with Gasteiger partial charge in [-0.1, -0.05) is 12.1 Å². The molecule has 1 aliphatic rings. The lowest BCUT2D eigenvalue weighted by Gasteiger charge is -2.25. The van der Waals surface area contributed by atoms with Crippen LogP contribution < -0.4 is 9.04 Å². The van der Waals surface area contributed by atoms with Crippen LogP contribution >= 0.6 is 11.9 Å². The highest BCUT2D eigenvalue weighted by atomic mass is 32.2. The van der Waals surface area contributed by atoms with Gasteiger partial charge in [-0.2, -0.15) is 0 Å². The van der Waals surface area contributed by atoms with Crippen LogP contribution in [-0.4, -0.2) is 46.5 Å². The van der Waals surface area contributed by atoms with E-state index in [4.69, 9.17) is 14.2 Å². The van der Waals surface area contributed by atoms with Gasteiger partial charge in [-0.15, -0.1) is 0 Å². The van der Waals surface area contributed by atoms with Crippen molar-refractivity contribution in [3.63, 3.8) is 0 Å². The number of esters is 2. The lowest BCUT2D eigenvalue weighted by Crippen LogP contribution is -2.33. The molecule has 1 heterocycles. The number of nitrogens with zero attached hydrogens (tertiary/aromatic N) is 3. The maximum absolute atomic E-state index is 12.9. The first-order valence-electron chi connectivity index (χ1n) is 11.0. The average molecular weight is 474 g/mol. The zero-order valence-corrected chi connectivity index (χ0v) is 20.6. The van der Waals surface area contributed by atoms with Crippen LogP contribution in [0, 0.1) is 0 Å². The topological polar surface area (TPSA) is 90.9 Å². The fourth-order valence-electron chi connectivity index (χ4n) is 2.96. The number of aromatic nitrogens is 2. The van der Waals surface area contributed by atoms with Gasteiger partial charge in [-0.25, -0.2) is 9.97 Å². The van der Waals surface area contributed by atoms with Gasteiger partial charge in [-0.05, 0) is 76.2 Å². The zero-order chi connectivity index (χ0) is 24.0. The summed E-state index contributed by atoms with van der Waals surface area (Å²) in [4.78, 5) is 34.4. The third kappa shape index (κ3) is 7.35. The van der Waals surface area contributed by atoms with E-state index in [1.54, 1.807) is 59.0 Å². The average Bonchev–Trinajstić information content (AvgIpc) is 3.57.